The predicted molar refractivity (Wildman–Crippen MR) is 108 cm³/mol. The molecule has 0 bridgehead atoms. The van der Waals surface area contributed by atoms with Crippen molar-refractivity contribution in [2.45, 2.75) is 40.0 Å². The van der Waals surface area contributed by atoms with Crippen molar-refractivity contribution in [3.05, 3.63) is 58.8 Å². The van der Waals surface area contributed by atoms with Crippen LogP contribution in [-0.2, 0) is 11.2 Å². The molecule has 1 heterocycles. The summed E-state index contributed by atoms with van der Waals surface area (Å²) in [6, 6.07) is 8.61. The first-order valence-corrected chi connectivity index (χ1v) is 10.0. The molecule has 1 aromatic carbocycles. The number of ketones is 1. The third-order valence-electron chi connectivity index (χ3n) is 5.81. The van der Waals surface area contributed by atoms with E-state index in [4.69, 9.17) is 0 Å². The second kappa shape index (κ2) is 8.68. The summed E-state index contributed by atoms with van der Waals surface area (Å²) in [6.45, 7) is 10.4. The van der Waals surface area contributed by atoms with Crippen molar-refractivity contribution in [3.63, 3.8) is 0 Å². The molecule has 0 saturated carbocycles. The molecule has 1 aromatic rings. The van der Waals surface area contributed by atoms with E-state index in [1.165, 1.54) is 11.1 Å². The summed E-state index contributed by atoms with van der Waals surface area (Å²) in [5.41, 5.74) is 4.64. The van der Waals surface area contributed by atoms with Crippen LogP contribution in [-0.4, -0.2) is 36.9 Å². The monoisotopic (exact) mass is 352 g/mol. The standard InChI is InChI=1S/C23H32N2O/c1-4-20-18(3)6-5-7-22(25-14-12-24-13-15-25)21(23(20)26)16-19-10-8-17(2)9-11-19/h5,7-11,18,20,24H,4,6,12-16H2,1-3H3/b7-5+,22-21+. The maximum atomic E-state index is 13.5. The number of carbonyl (C=O) groups excluding carboxylic acids is 1. The highest BCUT2D eigenvalue weighted by Gasteiger charge is 2.30. The molecule has 3 heteroatoms. The molecule has 2 aliphatic rings. The van der Waals surface area contributed by atoms with Crippen molar-refractivity contribution in [3.8, 4) is 0 Å². The van der Waals surface area contributed by atoms with E-state index < -0.39 is 0 Å². The summed E-state index contributed by atoms with van der Waals surface area (Å²) >= 11 is 0. The second-order valence-electron chi connectivity index (χ2n) is 7.76. The maximum absolute atomic E-state index is 13.5. The molecule has 0 spiro atoms. The normalized spacial score (nSPS) is 28.6. The Morgan fingerprint density at radius 2 is 1.85 bits per heavy atom. The lowest BCUT2D eigenvalue weighted by Crippen LogP contribution is -2.43. The van der Waals surface area contributed by atoms with Crippen molar-refractivity contribution < 1.29 is 4.79 Å². The molecule has 1 aliphatic heterocycles. The third kappa shape index (κ3) is 4.27. The van der Waals surface area contributed by atoms with Gasteiger partial charge in [0.25, 0.3) is 0 Å². The van der Waals surface area contributed by atoms with Crippen molar-refractivity contribution >= 4 is 5.78 Å². The molecule has 1 N–H and O–H groups in total. The van der Waals surface area contributed by atoms with Gasteiger partial charge in [-0.3, -0.25) is 4.79 Å². The van der Waals surface area contributed by atoms with E-state index in [1.54, 1.807) is 0 Å². The predicted octanol–water partition coefficient (Wildman–Crippen LogP) is 3.89. The van der Waals surface area contributed by atoms with Crippen LogP contribution in [0.5, 0.6) is 0 Å². The number of carbonyl (C=O) groups is 1. The van der Waals surface area contributed by atoms with E-state index in [-0.39, 0.29) is 5.92 Å². The van der Waals surface area contributed by atoms with Crippen molar-refractivity contribution in [2.75, 3.05) is 26.2 Å². The Labute approximate surface area is 158 Å². The minimum Gasteiger partial charge on any atom is -0.369 e. The number of Topliss-reactive ketones (excluding diaryl/α,β-unsaturated/α-hetero) is 1. The Morgan fingerprint density at radius 3 is 2.50 bits per heavy atom. The van der Waals surface area contributed by atoms with Gasteiger partial charge in [0, 0.05) is 49.8 Å². The minimum absolute atomic E-state index is 0.123. The fourth-order valence-electron chi connectivity index (χ4n) is 4.15. The Hall–Kier alpha value is -1.87. The fraction of sp³-hybridized carbons (Fsp3) is 0.522. The van der Waals surface area contributed by atoms with Gasteiger partial charge in [0.2, 0.25) is 0 Å². The number of hydrogen-bond acceptors (Lipinski definition) is 3. The zero-order valence-electron chi connectivity index (χ0n) is 16.4. The number of nitrogens with zero attached hydrogens (tertiary/aromatic N) is 1. The van der Waals surface area contributed by atoms with E-state index >= 15 is 0 Å². The Morgan fingerprint density at radius 1 is 1.15 bits per heavy atom. The van der Waals surface area contributed by atoms with E-state index in [0.29, 0.717) is 11.7 Å². The van der Waals surface area contributed by atoms with Crippen LogP contribution in [0.15, 0.2) is 47.7 Å². The quantitative estimate of drug-likeness (QED) is 0.892. The van der Waals surface area contributed by atoms with Gasteiger partial charge in [-0.2, -0.15) is 0 Å². The minimum atomic E-state index is 0.123. The van der Waals surface area contributed by atoms with Crippen LogP contribution >= 0.6 is 0 Å². The van der Waals surface area contributed by atoms with Gasteiger partial charge >= 0.3 is 0 Å². The molecule has 1 saturated heterocycles. The fourth-order valence-corrected chi connectivity index (χ4v) is 4.15. The Bertz CT molecular complexity index is 681. The van der Waals surface area contributed by atoms with Gasteiger partial charge in [-0.25, -0.2) is 0 Å². The summed E-state index contributed by atoms with van der Waals surface area (Å²) in [5, 5.41) is 3.42. The number of allylic oxidation sites excluding steroid dienone is 3. The summed E-state index contributed by atoms with van der Waals surface area (Å²) in [6.07, 6.45) is 7.13. The molecule has 3 nitrogen and oxygen atoms in total. The lowest BCUT2D eigenvalue weighted by atomic mass is 9.79. The van der Waals surface area contributed by atoms with Gasteiger partial charge in [0.15, 0.2) is 5.78 Å². The van der Waals surface area contributed by atoms with E-state index in [0.717, 1.165) is 56.7 Å². The molecule has 26 heavy (non-hydrogen) atoms. The average molecular weight is 353 g/mol. The molecule has 2 atom stereocenters. The molecule has 1 fully saturated rings. The summed E-state index contributed by atoms with van der Waals surface area (Å²) in [5.74, 6) is 0.887. The van der Waals surface area contributed by atoms with E-state index in [9.17, 15) is 4.79 Å². The lowest BCUT2D eigenvalue weighted by molar-refractivity contribution is -0.121. The summed E-state index contributed by atoms with van der Waals surface area (Å²) < 4.78 is 0. The van der Waals surface area contributed by atoms with Gasteiger partial charge in [0.05, 0.1) is 0 Å². The molecule has 0 amide bonds. The number of aryl methyl sites for hydroxylation is 1. The van der Waals surface area contributed by atoms with Crippen LogP contribution in [0.2, 0.25) is 0 Å². The molecule has 140 valence electrons. The summed E-state index contributed by atoms with van der Waals surface area (Å²) in [7, 11) is 0. The number of rotatable bonds is 4. The maximum Gasteiger partial charge on any atom is 0.164 e. The highest BCUT2D eigenvalue weighted by molar-refractivity contribution is 5.99. The first-order valence-electron chi connectivity index (χ1n) is 10.0. The topological polar surface area (TPSA) is 32.3 Å². The zero-order valence-corrected chi connectivity index (χ0v) is 16.4. The number of hydrogen-bond donors (Lipinski definition) is 1. The highest BCUT2D eigenvalue weighted by Crippen LogP contribution is 2.30. The molecular weight excluding hydrogens is 320 g/mol. The largest absolute Gasteiger partial charge is 0.369 e. The third-order valence-corrected chi connectivity index (χ3v) is 5.81. The van der Waals surface area contributed by atoms with Crippen LogP contribution in [0, 0.1) is 18.8 Å². The Balaban J connectivity index is 2.02. The van der Waals surface area contributed by atoms with E-state index in [1.807, 2.05) is 0 Å². The second-order valence-corrected chi connectivity index (χ2v) is 7.76. The van der Waals surface area contributed by atoms with Crippen LogP contribution < -0.4 is 5.32 Å². The van der Waals surface area contributed by atoms with Crippen LogP contribution in [0.4, 0.5) is 0 Å². The molecule has 0 radical (unpaired) electrons. The first kappa shape index (κ1) is 18.9. The molecular formula is C23H32N2O. The average Bonchev–Trinajstić information content (AvgIpc) is 2.65. The van der Waals surface area contributed by atoms with Gasteiger partial charge in [0.1, 0.15) is 0 Å². The van der Waals surface area contributed by atoms with Crippen LogP contribution in [0.1, 0.15) is 37.8 Å². The first-order chi connectivity index (χ1) is 12.6. The number of benzene rings is 1. The lowest BCUT2D eigenvalue weighted by Gasteiger charge is -2.34. The molecule has 2 unspecified atom stereocenters. The van der Waals surface area contributed by atoms with Crippen molar-refractivity contribution in [2.24, 2.45) is 11.8 Å². The van der Waals surface area contributed by atoms with Crippen molar-refractivity contribution in [1.29, 1.82) is 0 Å². The Kier molecular flexibility index (Phi) is 6.31. The van der Waals surface area contributed by atoms with Crippen LogP contribution in [0.25, 0.3) is 0 Å². The van der Waals surface area contributed by atoms with Gasteiger partial charge < -0.3 is 10.2 Å². The zero-order chi connectivity index (χ0) is 18.5. The van der Waals surface area contributed by atoms with Crippen LogP contribution in [0.3, 0.4) is 0 Å². The SMILES string of the molecule is CCC1C(=O)/C(Cc2ccc(C)cc2)=C(N2CCNCC2)\C=C\CC1C. The van der Waals surface area contributed by atoms with Gasteiger partial charge in [-0.1, -0.05) is 49.8 Å². The highest BCUT2D eigenvalue weighted by atomic mass is 16.1. The smallest absolute Gasteiger partial charge is 0.164 e. The van der Waals surface area contributed by atoms with Gasteiger partial charge in [-0.15, -0.1) is 0 Å². The molecule has 3 rings (SSSR count). The summed E-state index contributed by atoms with van der Waals surface area (Å²) in [4.78, 5) is 15.9. The van der Waals surface area contributed by atoms with Gasteiger partial charge in [-0.05, 0) is 37.3 Å². The number of piperazine rings is 1. The van der Waals surface area contributed by atoms with E-state index in [2.05, 4.69) is 67.4 Å². The number of nitrogens with one attached hydrogen (secondary N) is 1. The van der Waals surface area contributed by atoms with Crippen molar-refractivity contribution in [1.82, 2.24) is 10.2 Å². The molecule has 1 aliphatic carbocycles. The molecule has 0 aromatic heterocycles.